The number of para-hydroxylation sites is 1. The van der Waals surface area contributed by atoms with Crippen molar-refractivity contribution in [3.05, 3.63) is 41.6 Å². The van der Waals surface area contributed by atoms with Gasteiger partial charge in [0.25, 0.3) is 5.91 Å². The third-order valence-corrected chi connectivity index (χ3v) is 3.94. The van der Waals surface area contributed by atoms with Crippen molar-refractivity contribution < 1.29 is 19.4 Å². The van der Waals surface area contributed by atoms with Gasteiger partial charge in [0, 0.05) is 25.2 Å². The minimum absolute atomic E-state index is 0.0876. The maximum atomic E-state index is 12.3. The first kappa shape index (κ1) is 15.4. The van der Waals surface area contributed by atoms with Crippen LogP contribution in [0, 0.1) is 0 Å². The number of amides is 1. The molecule has 1 aliphatic heterocycles. The number of hydrogen-bond acceptors (Lipinski definition) is 5. The van der Waals surface area contributed by atoms with Crippen LogP contribution >= 0.6 is 0 Å². The fourth-order valence-electron chi connectivity index (χ4n) is 2.72. The van der Waals surface area contributed by atoms with Crippen LogP contribution in [-0.4, -0.2) is 41.1 Å². The molecule has 7 heteroatoms. The lowest BCUT2D eigenvalue weighted by Crippen LogP contribution is -2.43. The lowest BCUT2D eigenvalue weighted by Gasteiger charge is -2.34. The highest BCUT2D eigenvalue weighted by atomic mass is 16.5. The summed E-state index contributed by atoms with van der Waals surface area (Å²) in [4.78, 5) is 12.3. The number of aliphatic hydroxyl groups is 1. The Labute approximate surface area is 133 Å². The van der Waals surface area contributed by atoms with Crippen LogP contribution < -0.4 is 14.8 Å². The van der Waals surface area contributed by atoms with Gasteiger partial charge in [0.05, 0.1) is 20.3 Å². The summed E-state index contributed by atoms with van der Waals surface area (Å²) in [6, 6.07) is 7.31. The fourth-order valence-corrected chi connectivity index (χ4v) is 2.72. The second-order valence-corrected chi connectivity index (χ2v) is 5.53. The average molecular weight is 317 g/mol. The second-order valence-electron chi connectivity index (χ2n) is 5.53. The van der Waals surface area contributed by atoms with Crippen LogP contribution in [-0.2, 0) is 12.6 Å². The third kappa shape index (κ3) is 2.87. The van der Waals surface area contributed by atoms with E-state index in [1.165, 1.54) is 11.8 Å². The Hall–Kier alpha value is -2.54. The molecule has 0 saturated heterocycles. The summed E-state index contributed by atoms with van der Waals surface area (Å²) in [5, 5.41) is 17.7. The van der Waals surface area contributed by atoms with E-state index in [4.69, 9.17) is 9.47 Å². The molecule has 1 aliphatic rings. The Kier molecular flexibility index (Phi) is 3.96. The molecular formula is C16H19N3O4. The number of aromatic nitrogens is 2. The maximum Gasteiger partial charge on any atom is 0.258 e. The molecule has 1 amide bonds. The molecule has 0 spiro atoms. The highest BCUT2D eigenvalue weighted by Crippen LogP contribution is 2.36. The van der Waals surface area contributed by atoms with E-state index in [2.05, 4.69) is 10.4 Å². The molecule has 0 aliphatic carbocycles. The number of nitrogens with zero attached hydrogens (tertiary/aromatic N) is 2. The van der Waals surface area contributed by atoms with Gasteiger partial charge in [-0.3, -0.25) is 9.48 Å². The zero-order valence-electron chi connectivity index (χ0n) is 13.1. The number of carbonyl (C=O) groups excluding carboxylic acids is 1. The van der Waals surface area contributed by atoms with Gasteiger partial charge in [0.15, 0.2) is 0 Å². The van der Waals surface area contributed by atoms with E-state index < -0.39 is 5.60 Å². The summed E-state index contributed by atoms with van der Waals surface area (Å²) in [6.07, 6.45) is 1.99. The lowest BCUT2D eigenvalue weighted by atomic mass is 9.88. The maximum absolute atomic E-state index is 12.3. The van der Waals surface area contributed by atoms with Gasteiger partial charge in [-0.1, -0.05) is 18.2 Å². The number of aryl methyl sites for hydroxylation is 1. The van der Waals surface area contributed by atoms with E-state index >= 15 is 0 Å². The first-order valence-corrected chi connectivity index (χ1v) is 7.34. The van der Waals surface area contributed by atoms with Crippen molar-refractivity contribution >= 4 is 5.91 Å². The van der Waals surface area contributed by atoms with Gasteiger partial charge in [-0.15, -0.1) is 5.10 Å². The number of benzene rings is 1. The lowest BCUT2D eigenvalue weighted by molar-refractivity contribution is -0.00163. The molecule has 2 N–H and O–H groups in total. The molecule has 1 atom stereocenters. The van der Waals surface area contributed by atoms with Crippen molar-refractivity contribution in [2.75, 3.05) is 20.3 Å². The number of carbonyl (C=O) groups is 1. The van der Waals surface area contributed by atoms with E-state index in [-0.39, 0.29) is 18.3 Å². The monoisotopic (exact) mass is 317 g/mol. The summed E-state index contributed by atoms with van der Waals surface area (Å²) in [5.41, 5.74) is -0.136. The van der Waals surface area contributed by atoms with Crippen molar-refractivity contribution in [3.8, 4) is 11.6 Å². The molecule has 122 valence electrons. The number of rotatable bonds is 4. The molecule has 1 aromatic heterocycles. The Bertz CT molecular complexity index is 728. The molecule has 0 bridgehead atoms. The predicted molar refractivity (Wildman–Crippen MR) is 82.5 cm³/mol. The molecule has 1 aromatic carbocycles. The SMILES string of the molecule is COc1nn(C)cc1C(=O)NC[C@@]1(O)CCOc2ccccc21. The number of fused-ring (bicyclic) bond motifs is 1. The summed E-state index contributed by atoms with van der Waals surface area (Å²) in [5.74, 6) is 0.561. The van der Waals surface area contributed by atoms with Crippen LogP contribution in [0.1, 0.15) is 22.3 Å². The van der Waals surface area contributed by atoms with Gasteiger partial charge in [-0.05, 0) is 6.07 Å². The van der Waals surface area contributed by atoms with Gasteiger partial charge >= 0.3 is 0 Å². The minimum Gasteiger partial charge on any atom is -0.493 e. The van der Waals surface area contributed by atoms with E-state index in [0.29, 0.717) is 29.9 Å². The predicted octanol–water partition coefficient (Wildman–Crippen LogP) is 0.829. The first-order valence-electron chi connectivity index (χ1n) is 7.34. The number of hydrogen-bond donors (Lipinski definition) is 2. The van der Waals surface area contributed by atoms with Gasteiger partial charge in [0.1, 0.15) is 16.9 Å². The van der Waals surface area contributed by atoms with Crippen LogP contribution in [0.4, 0.5) is 0 Å². The number of nitrogens with one attached hydrogen (secondary N) is 1. The number of ether oxygens (including phenoxy) is 2. The highest BCUT2D eigenvalue weighted by Gasteiger charge is 2.36. The summed E-state index contributed by atoms with van der Waals surface area (Å²) in [7, 11) is 3.17. The molecule has 0 fully saturated rings. The van der Waals surface area contributed by atoms with Crippen LogP contribution in [0.2, 0.25) is 0 Å². The molecule has 0 saturated carbocycles. The molecule has 2 aromatic rings. The Morgan fingerprint density at radius 3 is 3.09 bits per heavy atom. The molecule has 0 unspecified atom stereocenters. The molecule has 0 radical (unpaired) electrons. The van der Waals surface area contributed by atoms with E-state index in [1.54, 1.807) is 13.2 Å². The van der Waals surface area contributed by atoms with Gasteiger partial charge in [-0.25, -0.2) is 0 Å². The van der Waals surface area contributed by atoms with Gasteiger partial charge < -0.3 is 19.9 Å². The molecule has 7 nitrogen and oxygen atoms in total. The zero-order valence-corrected chi connectivity index (χ0v) is 13.1. The summed E-state index contributed by atoms with van der Waals surface area (Å²) < 4.78 is 12.1. The molecule has 23 heavy (non-hydrogen) atoms. The number of methoxy groups -OCH3 is 1. The normalized spacial score (nSPS) is 19.6. The van der Waals surface area contributed by atoms with E-state index in [0.717, 1.165) is 0 Å². The van der Waals surface area contributed by atoms with Crippen molar-refractivity contribution in [3.63, 3.8) is 0 Å². The average Bonchev–Trinajstić information content (AvgIpc) is 2.94. The van der Waals surface area contributed by atoms with Crippen LogP contribution in [0.3, 0.4) is 0 Å². The van der Waals surface area contributed by atoms with Crippen molar-refractivity contribution in [1.29, 1.82) is 0 Å². The van der Waals surface area contributed by atoms with Gasteiger partial charge in [-0.2, -0.15) is 0 Å². The van der Waals surface area contributed by atoms with Crippen LogP contribution in [0.5, 0.6) is 11.6 Å². The van der Waals surface area contributed by atoms with Crippen molar-refractivity contribution in [2.24, 2.45) is 7.05 Å². The summed E-state index contributed by atoms with van der Waals surface area (Å²) in [6.45, 7) is 0.490. The molecular weight excluding hydrogens is 298 g/mol. The Morgan fingerprint density at radius 2 is 2.30 bits per heavy atom. The topological polar surface area (TPSA) is 85.6 Å². The van der Waals surface area contributed by atoms with Crippen LogP contribution in [0.25, 0.3) is 0 Å². The standard InChI is InChI=1S/C16H19N3O4/c1-19-9-11(15(18-19)22-2)14(20)17-10-16(21)7-8-23-13-6-4-3-5-12(13)16/h3-6,9,21H,7-8,10H2,1-2H3,(H,17,20)/t16-/m0/s1. The van der Waals surface area contributed by atoms with Crippen molar-refractivity contribution in [2.45, 2.75) is 12.0 Å². The largest absolute Gasteiger partial charge is 0.493 e. The van der Waals surface area contributed by atoms with Crippen molar-refractivity contribution in [1.82, 2.24) is 15.1 Å². The Balaban J connectivity index is 1.77. The highest BCUT2D eigenvalue weighted by molar-refractivity contribution is 5.96. The minimum atomic E-state index is -1.15. The Morgan fingerprint density at radius 1 is 1.52 bits per heavy atom. The second kappa shape index (κ2) is 5.92. The van der Waals surface area contributed by atoms with E-state index in [1.807, 2.05) is 24.3 Å². The fraction of sp³-hybridized carbons (Fsp3) is 0.375. The smallest absolute Gasteiger partial charge is 0.258 e. The molecule has 3 rings (SSSR count). The van der Waals surface area contributed by atoms with Gasteiger partial charge in [0.2, 0.25) is 5.88 Å². The summed E-state index contributed by atoms with van der Waals surface area (Å²) >= 11 is 0. The third-order valence-electron chi connectivity index (χ3n) is 3.94. The first-order chi connectivity index (χ1) is 11.0. The van der Waals surface area contributed by atoms with Crippen LogP contribution in [0.15, 0.2) is 30.5 Å². The molecule has 2 heterocycles. The zero-order chi connectivity index (χ0) is 16.4. The van der Waals surface area contributed by atoms with E-state index in [9.17, 15) is 9.90 Å². The quantitative estimate of drug-likeness (QED) is 0.872.